The van der Waals surface area contributed by atoms with Gasteiger partial charge in [0.1, 0.15) is 11.5 Å². The molecule has 0 unspecified atom stereocenters. The van der Waals surface area contributed by atoms with Gasteiger partial charge in [-0.05, 0) is 55.8 Å². The average molecular weight is 369 g/mol. The minimum Gasteiger partial charge on any atom is -0.508 e. The Kier molecular flexibility index (Phi) is 5.45. The highest BCUT2D eigenvalue weighted by molar-refractivity contribution is 5.91. The van der Waals surface area contributed by atoms with E-state index in [1.54, 1.807) is 12.1 Å². The number of phenolic OH excluding ortho intramolecular Hbond substituents is 1. The molecule has 1 aromatic carbocycles. The second-order valence-electron chi connectivity index (χ2n) is 7.49. The number of phenols is 1. The van der Waals surface area contributed by atoms with E-state index in [9.17, 15) is 9.90 Å². The smallest absolute Gasteiger partial charge is 0.289 e. The molecular weight excluding hydrogens is 342 g/mol. The number of hydrogen-bond donors (Lipinski definition) is 1. The molecule has 144 valence electrons. The molecular formula is C21H27N3O3. The molecule has 0 spiro atoms. The Bertz CT molecular complexity index is 774. The van der Waals surface area contributed by atoms with Gasteiger partial charge in [0, 0.05) is 32.7 Å². The topological polar surface area (TPSA) is 60.2 Å². The van der Waals surface area contributed by atoms with Crippen LogP contribution in [0.5, 0.6) is 5.75 Å². The molecule has 2 aliphatic rings. The largest absolute Gasteiger partial charge is 0.508 e. The maximum absolute atomic E-state index is 12.7. The van der Waals surface area contributed by atoms with Crippen molar-refractivity contribution in [2.24, 2.45) is 0 Å². The number of piperazine rings is 1. The number of carbonyl (C=O) groups is 1. The molecule has 1 N–H and O–H groups in total. The molecule has 2 aliphatic heterocycles. The van der Waals surface area contributed by atoms with Crippen molar-refractivity contribution in [1.82, 2.24) is 14.7 Å². The number of aromatic hydroxyl groups is 1. The summed E-state index contributed by atoms with van der Waals surface area (Å²) < 4.78 is 5.82. The van der Waals surface area contributed by atoms with Gasteiger partial charge in [0.05, 0.1) is 6.54 Å². The lowest BCUT2D eigenvalue weighted by Gasteiger charge is -2.34. The molecule has 2 fully saturated rings. The standard InChI is InChI=1S/C21H27N3O3/c25-18-5-3-4-17(14-18)15-23-10-12-24(13-11-23)21(26)20-7-6-19(27-20)16-22-8-1-2-9-22/h3-7,14,25H,1-2,8-13,15-16H2. The third-order valence-corrected chi connectivity index (χ3v) is 5.43. The van der Waals surface area contributed by atoms with Gasteiger partial charge >= 0.3 is 0 Å². The quantitative estimate of drug-likeness (QED) is 0.878. The van der Waals surface area contributed by atoms with E-state index >= 15 is 0 Å². The summed E-state index contributed by atoms with van der Waals surface area (Å²) in [6.07, 6.45) is 2.50. The molecule has 27 heavy (non-hydrogen) atoms. The first-order valence-corrected chi connectivity index (χ1v) is 9.78. The summed E-state index contributed by atoms with van der Waals surface area (Å²) in [4.78, 5) is 19.3. The van der Waals surface area contributed by atoms with Gasteiger partial charge in [-0.3, -0.25) is 14.6 Å². The van der Waals surface area contributed by atoms with E-state index in [-0.39, 0.29) is 5.91 Å². The van der Waals surface area contributed by atoms with Crippen LogP contribution in [0.3, 0.4) is 0 Å². The van der Waals surface area contributed by atoms with Crippen molar-refractivity contribution in [2.45, 2.75) is 25.9 Å². The molecule has 6 heteroatoms. The van der Waals surface area contributed by atoms with E-state index in [4.69, 9.17) is 4.42 Å². The summed E-state index contributed by atoms with van der Waals surface area (Å²) in [7, 11) is 0. The molecule has 0 bridgehead atoms. The van der Waals surface area contributed by atoms with Gasteiger partial charge in [0.15, 0.2) is 5.76 Å². The zero-order chi connectivity index (χ0) is 18.6. The molecule has 1 amide bonds. The SMILES string of the molecule is O=C(c1ccc(CN2CCCC2)o1)N1CCN(Cc2cccc(O)c2)CC1. The Hall–Kier alpha value is -2.31. The highest BCUT2D eigenvalue weighted by Crippen LogP contribution is 2.18. The molecule has 1 aromatic heterocycles. The lowest BCUT2D eigenvalue weighted by atomic mass is 10.2. The van der Waals surface area contributed by atoms with Crippen LogP contribution in [-0.2, 0) is 13.1 Å². The van der Waals surface area contributed by atoms with Gasteiger partial charge in [0.2, 0.25) is 0 Å². The zero-order valence-electron chi connectivity index (χ0n) is 15.6. The molecule has 2 saturated heterocycles. The van der Waals surface area contributed by atoms with Crippen LogP contribution >= 0.6 is 0 Å². The Morgan fingerprint density at radius 1 is 0.926 bits per heavy atom. The first-order valence-electron chi connectivity index (χ1n) is 9.78. The number of nitrogens with zero attached hydrogens (tertiary/aromatic N) is 3. The number of likely N-dealkylation sites (tertiary alicyclic amines) is 1. The van der Waals surface area contributed by atoms with E-state index < -0.39 is 0 Å². The number of amides is 1. The van der Waals surface area contributed by atoms with Gasteiger partial charge in [-0.25, -0.2) is 0 Å². The second kappa shape index (κ2) is 8.15. The molecule has 0 aliphatic carbocycles. The van der Waals surface area contributed by atoms with Crippen LogP contribution in [0.1, 0.15) is 34.7 Å². The summed E-state index contributed by atoms with van der Waals surface area (Å²) in [5, 5.41) is 9.59. The van der Waals surface area contributed by atoms with Crippen molar-refractivity contribution in [3.05, 3.63) is 53.5 Å². The third kappa shape index (κ3) is 4.51. The van der Waals surface area contributed by atoms with Gasteiger partial charge in [-0.2, -0.15) is 0 Å². The van der Waals surface area contributed by atoms with Crippen LogP contribution in [-0.4, -0.2) is 65.0 Å². The molecule has 0 radical (unpaired) electrons. The fourth-order valence-electron chi connectivity index (χ4n) is 3.92. The summed E-state index contributed by atoms with van der Waals surface area (Å²) in [6, 6.07) is 11.1. The van der Waals surface area contributed by atoms with E-state index in [1.807, 2.05) is 29.2 Å². The summed E-state index contributed by atoms with van der Waals surface area (Å²) in [5.74, 6) is 1.61. The van der Waals surface area contributed by atoms with Crippen molar-refractivity contribution >= 4 is 5.91 Å². The van der Waals surface area contributed by atoms with Crippen molar-refractivity contribution in [1.29, 1.82) is 0 Å². The number of benzene rings is 1. The Morgan fingerprint density at radius 3 is 2.41 bits per heavy atom. The van der Waals surface area contributed by atoms with Crippen LogP contribution in [0.25, 0.3) is 0 Å². The normalized spacial score (nSPS) is 18.9. The highest BCUT2D eigenvalue weighted by atomic mass is 16.4. The average Bonchev–Trinajstić information content (AvgIpc) is 3.34. The predicted octanol–water partition coefficient (Wildman–Crippen LogP) is 2.54. The minimum absolute atomic E-state index is 0.0142. The van der Waals surface area contributed by atoms with Crippen LogP contribution < -0.4 is 0 Å². The van der Waals surface area contributed by atoms with E-state index in [2.05, 4.69) is 9.80 Å². The molecule has 3 heterocycles. The number of rotatable bonds is 5. The zero-order valence-corrected chi connectivity index (χ0v) is 15.6. The number of furan rings is 1. The van der Waals surface area contributed by atoms with Crippen LogP contribution in [0.2, 0.25) is 0 Å². The molecule has 0 saturated carbocycles. The van der Waals surface area contributed by atoms with Crippen molar-refractivity contribution in [3.8, 4) is 5.75 Å². The Morgan fingerprint density at radius 2 is 1.67 bits per heavy atom. The van der Waals surface area contributed by atoms with Gasteiger partial charge in [-0.1, -0.05) is 12.1 Å². The van der Waals surface area contributed by atoms with E-state index in [0.717, 1.165) is 50.6 Å². The van der Waals surface area contributed by atoms with Crippen molar-refractivity contribution in [2.75, 3.05) is 39.3 Å². The fraction of sp³-hybridized carbons (Fsp3) is 0.476. The molecule has 4 rings (SSSR count). The van der Waals surface area contributed by atoms with E-state index in [1.165, 1.54) is 12.8 Å². The van der Waals surface area contributed by atoms with Crippen molar-refractivity contribution < 1.29 is 14.3 Å². The first kappa shape index (κ1) is 18.1. The summed E-state index contributed by atoms with van der Waals surface area (Å²) in [6.45, 7) is 6.85. The molecule has 6 nitrogen and oxygen atoms in total. The van der Waals surface area contributed by atoms with Gasteiger partial charge in [0.25, 0.3) is 5.91 Å². The highest BCUT2D eigenvalue weighted by Gasteiger charge is 2.24. The summed E-state index contributed by atoms with van der Waals surface area (Å²) >= 11 is 0. The lowest BCUT2D eigenvalue weighted by molar-refractivity contribution is 0.0594. The van der Waals surface area contributed by atoms with Crippen LogP contribution in [0, 0.1) is 0 Å². The fourth-order valence-corrected chi connectivity index (χ4v) is 3.92. The van der Waals surface area contributed by atoms with Gasteiger partial charge in [-0.15, -0.1) is 0 Å². The number of carbonyl (C=O) groups excluding carboxylic acids is 1. The Balaban J connectivity index is 1.29. The van der Waals surface area contributed by atoms with Gasteiger partial charge < -0.3 is 14.4 Å². The van der Waals surface area contributed by atoms with E-state index in [0.29, 0.717) is 24.6 Å². The minimum atomic E-state index is -0.0142. The lowest BCUT2D eigenvalue weighted by Crippen LogP contribution is -2.48. The second-order valence-corrected chi connectivity index (χ2v) is 7.49. The summed E-state index contributed by atoms with van der Waals surface area (Å²) in [5.41, 5.74) is 1.09. The third-order valence-electron chi connectivity index (χ3n) is 5.43. The maximum Gasteiger partial charge on any atom is 0.289 e. The monoisotopic (exact) mass is 369 g/mol. The van der Waals surface area contributed by atoms with Crippen molar-refractivity contribution in [3.63, 3.8) is 0 Å². The molecule has 2 aromatic rings. The first-order chi connectivity index (χ1) is 13.2. The number of hydrogen-bond acceptors (Lipinski definition) is 5. The van der Waals surface area contributed by atoms with Crippen LogP contribution in [0.4, 0.5) is 0 Å². The van der Waals surface area contributed by atoms with Crippen LogP contribution in [0.15, 0.2) is 40.8 Å². The molecule has 0 atom stereocenters. The Labute approximate surface area is 160 Å². The predicted molar refractivity (Wildman–Crippen MR) is 103 cm³/mol. The maximum atomic E-state index is 12.7.